The second-order valence-electron chi connectivity index (χ2n) is 7.86. The molecular formula is C19H25NO5. The van der Waals surface area contributed by atoms with Crippen molar-refractivity contribution < 1.29 is 23.8 Å². The highest BCUT2D eigenvalue weighted by Crippen LogP contribution is 2.28. The molecule has 0 aliphatic carbocycles. The molecule has 136 valence electrons. The second kappa shape index (κ2) is 6.58. The topological polar surface area (TPSA) is 65.1 Å². The summed E-state index contributed by atoms with van der Waals surface area (Å²) in [4.78, 5) is 25.6. The van der Waals surface area contributed by atoms with Gasteiger partial charge in [0.25, 0.3) is 0 Å². The summed E-state index contributed by atoms with van der Waals surface area (Å²) in [6.45, 7) is 9.13. The Balaban J connectivity index is 1.66. The van der Waals surface area contributed by atoms with Crippen LogP contribution in [0.2, 0.25) is 0 Å². The monoisotopic (exact) mass is 347 g/mol. The van der Waals surface area contributed by atoms with E-state index in [0.717, 1.165) is 12.0 Å². The summed E-state index contributed by atoms with van der Waals surface area (Å²) in [6, 6.07) is 5.36. The van der Waals surface area contributed by atoms with Crippen LogP contribution < -0.4 is 4.74 Å². The minimum atomic E-state index is -0.513. The number of likely N-dealkylation sites (tertiary alicyclic amines) is 1. The van der Waals surface area contributed by atoms with Crippen LogP contribution in [0.15, 0.2) is 18.2 Å². The van der Waals surface area contributed by atoms with Gasteiger partial charge in [-0.2, -0.15) is 0 Å². The van der Waals surface area contributed by atoms with E-state index in [9.17, 15) is 9.59 Å². The standard InChI is InChI=1S/C19H25NO5/c1-12-7-15(10-20(9-12)18(22)25-19(2,3)4)24-14-5-6-16-13(8-14)11-23-17(16)21/h5-6,8,12,15H,7,9-11H2,1-4H3/t12-,15+/m0/s1. The highest BCUT2D eigenvalue weighted by Gasteiger charge is 2.32. The Labute approximate surface area is 148 Å². The van der Waals surface area contributed by atoms with E-state index in [0.29, 0.717) is 30.3 Å². The van der Waals surface area contributed by atoms with Gasteiger partial charge in [-0.1, -0.05) is 6.92 Å². The summed E-state index contributed by atoms with van der Waals surface area (Å²) in [5.74, 6) is 0.731. The molecule has 6 nitrogen and oxygen atoms in total. The van der Waals surface area contributed by atoms with E-state index < -0.39 is 5.60 Å². The number of ether oxygens (including phenoxy) is 3. The molecule has 2 atom stereocenters. The van der Waals surface area contributed by atoms with E-state index in [1.54, 1.807) is 17.0 Å². The van der Waals surface area contributed by atoms with Crippen molar-refractivity contribution in [3.63, 3.8) is 0 Å². The molecular weight excluding hydrogens is 322 g/mol. The van der Waals surface area contributed by atoms with Gasteiger partial charge in [-0.15, -0.1) is 0 Å². The predicted molar refractivity (Wildman–Crippen MR) is 91.6 cm³/mol. The zero-order valence-corrected chi connectivity index (χ0v) is 15.2. The van der Waals surface area contributed by atoms with Crippen LogP contribution >= 0.6 is 0 Å². The fourth-order valence-electron chi connectivity index (χ4n) is 3.23. The van der Waals surface area contributed by atoms with Crippen LogP contribution in [0.5, 0.6) is 5.75 Å². The van der Waals surface area contributed by atoms with Gasteiger partial charge in [-0.25, -0.2) is 9.59 Å². The van der Waals surface area contributed by atoms with Gasteiger partial charge in [-0.05, 0) is 51.3 Å². The number of hydrogen-bond donors (Lipinski definition) is 0. The highest BCUT2D eigenvalue weighted by molar-refractivity contribution is 5.93. The van der Waals surface area contributed by atoms with Crippen molar-refractivity contribution in [2.24, 2.45) is 5.92 Å². The van der Waals surface area contributed by atoms with Gasteiger partial charge in [0.05, 0.1) is 12.1 Å². The maximum atomic E-state index is 12.3. The SMILES string of the molecule is C[C@H]1C[C@@H](Oc2ccc3c(c2)COC3=O)CN(C(=O)OC(C)(C)C)C1. The number of hydrogen-bond acceptors (Lipinski definition) is 5. The number of esters is 1. The zero-order valence-electron chi connectivity index (χ0n) is 15.2. The molecule has 1 aromatic rings. The fraction of sp³-hybridized carbons (Fsp3) is 0.579. The second-order valence-corrected chi connectivity index (χ2v) is 7.86. The lowest BCUT2D eigenvalue weighted by Gasteiger charge is -2.37. The average Bonchev–Trinajstić information content (AvgIpc) is 2.86. The van der Waals surface area contributed by atoms with Crippen molar-refractivity contribution in [2.45, 2.75) is 52.4 Å². The summed E-state index contributed by atoms with van der Waals surface area (Å²) in [6.07, 6.45) is 0.458. The first-order valence-electron chi connectivity index (χ1n) is 8.66. The molecule has 0 bridgehead atoms. The number of rotatable bonds is 2. The van der Waals surface area contributed by atoms with E-state index in [4.69, 9.17) is 14.2 Å². The molecule has 0 aromatic heterocycles. The first kappa shape index (κ1) is 17.6. The van der Waals surface area contributed by atoms with Gasteiger partial charge in [0, 0.05) is 12.1 Å². The largest absolute Gasteiger partial charge is 0.489 e. The van der Waals surface area contributed by atoms with E-state index in [1.165, 1.54) is 0 Å². The van der Waals surface area contributed by atoms with E-state index in [-0.39, 0.29) is 24.8 Å². The first-order chi connectivity index (χ1) is 11.7. The van der Waals surface area contributed by atoms with Crippen molar-refractivity contribution in [1.29, 1.82) is 0 Å². The smallest absolute Gasteiger partial charge is 0.410 e. The zero-order chi connectivity index (χ0) is 18.2. The fourth-order valence-corrected chi connectivity index (χ4v) is 3.23. The van der Waals surface area contributed by atoms with E-state index >= 15 is 0 Å². The average molecular weight is 347 g/mol. The van der Waals surface area contributed by atoms with Crippen molar-refractivity contribution in [3.8, 4) is 5.75 Å². The van der Waals surface area contributed by atoms with Crippen LogP contribution in [0.4, 0.5) is 4.79 Å². The normalized spacial score (nSPS) is 23.0. The molecule has 2 heterocycles. The maximum absolute atomic E-state index is 12.3. The van der Waals surface area contributed by atoms with Crippen LogP contribution in [0.3, 0.4) is 0 Å². The molecule has 1 saturated heterocycles. The molecule has 6 heteroatoms. The number of fused-ring (bicyclic) bond motifs is 1. The third-order valence-corrected chi connectivity index (χ3v) is 4.23. The Bertz CT molecular complexity index is 679. The van der Waals surface area contributed by atoms with E-state index in [1.807, 2.05) is 26.8 Å². The Kier molecular flexibility index (Phi) is 4.62. The minimum Gasteiger partial charge on any atom is -0.489 e. The molecule has 0 unspecified atom stereocenters. The van der Waals surface area contributed by atoms with Crippen molar-refractivity contribution in [3.05, 3.63) is 29.3 Å². The number of amides is 1. The van der Waals surface area contributed by atoms with Gasteiger partial charge >= 0.3 is 12.1 Å². The van der Waals surface area contributed by atoms with Crippen LogP contribution in [0.1, 0.15) is 50.0 Å². The molecule has 1 aromatic carbocycles. The lowest BCUT2D eigenvalue weighted by Crippen LogP contribution is -2.49. The summed E-state index contributed by atoms with van der Waals surface area (Å²) in [5.41, 5.74) is 0.927. The lowest BCUT2D eigenvalue weighted by molar-refractivity contribution is -0.000551. The van der Waals surface area contributed by atoms with Gasteiger partial charge in [0.2, 0.25) is 0 Å². The number of benzene rings is 1. The Morgan fingerprint density at radius 1 is 1.28 bits per heavy atom. The molecule has 0 radical (unpaired) electrons. The number of nitrogens with zero attached hydrogens (tertiary/aromatic N) is 1. The molecule has 1 amide bonds. The number of piperidine rings is 1. The number of carbonyl (C=O) groups is 2. The van der Waals surface area contributed by atoms with E-state index in [2.05, 4.69) is 6.92 Å². The number of cyclic esters (lactones) is 1. The van der Waals surface area contributed by atoms with Gasteiger partial charge in [-0.3, -0.25) is 0 Å². The van der Waals surface area contributed by atoms with Gasteiger partial charge in [0.1, 0.15) is 24.1 Å². The molecule has 0 saturated carbocycles. The van der Waals surface area contributed by atoms with Crippen LogP contribution in [-0.2, 0) is 16.1 Å². The molecule has 1 fully saturated rings. The van der Waals surface area contributed by atoms with Crippen molar-refractivity contribution in [1.82, 2.24) is 4.90 Å². The lowest BCUT2D eigenvalue weighted by atomic mass is 9.98. The molecule has 3 rings (SSSR count). The summed E-state index contributed by atoms with van der Waals surface area (Å²) in [5, 5.41) is 0. The Morgan fingerprint density at radius 3 is 2.76 bits per heavy atom. The number of carbonyl (C=O) groups excluding carboxylic acids is 2. The van der Waals surface area contributed by atoms with Crippen molar-refractivity contribution >= 4 is 12.1 Å². The molecule has 2 aliphatic heterocycles. The maximum Gasteiger partial charge on any atom is 0.410 e. The molecule has 2 aliphatic rings. The van der Waals surface area contributed by atoms with Gasteiger partial charge in [0.15, 0.2) is 0 Å². The summed E-state index contributed by atoms with van der Waals surface area (Å²) >= 11 is 0. The van der Waals surface area contributed by atoms with Crippen molar-refractivity contribution in [2.75, 3.05) is 13.1 Å². The van der Waals surface area contributed by atoms with Crippen LogP contribution in [0.25, 0.3) is 0 Å². The molecule has 25 heavy (non-hydrogen) atoms. The predicted octanol–water partition coefficient (Wildman–Crippen LogP) is 3.38. The highest BCUT2D eigenvalue weighted by atomic mass is 16.6. The van der Waals surface area contributed by atoms with Crippen LogP contribution in [-0.4, -0.2) is 41.8 Å². The first-order valence-corrected chi connectivity index (χ1v) is 8.66. The molecule has 0 N–H and O–H groups in total. The Morgan fingerprint density at radius 2 is 2.04 bits per heavy atom. The third-order valence-electron chi connectivity index (χ3n) is 4.23. The third kappa shape index (κ3) is 4.24. The minimum absolute atomic E-state index is 0.104. The van der Waals surface area contributed by atoms with Gasteiger partial charge < -0.3 is 19.1 Å². The Hall–Kier alpha value is -2.24. The quantitative estimate of drug-likeness (QED) is 0.767. The molecule has 0 spiro atoms. The summed E-state index contributed by atoms with van der Waals surface area (Å²) < 4.78 is 16.6. The summed E-state index contributed by atoms with van der Waals surface area (Å²) in [7, 11) is 0. The van der Waals surface area contributed by atoms with Crippen LogP contribution in [0, 0.1) is 5.92 Å².